The highest BCUT2D eigenvalue weighted by molar-refractivity contribution is 5.54. The molecule has 2 N–H and O–H groups in total. The van der Waals surface area contributed by atoms with Crippen molar-refractivity contribution in [2.45, 2.75) is 32.6 Å². The molecule has 0 atom stereocenters. The van der Waals surface area contributed by atoms with Gasteiger partial charge in [-0.3, -0.25) is 0 Å². The zero-order valence-electron chi connectivity index (χ0n) is 9.49. The fourth-order valence-corrected chi connectivity index (χ4v) is 1.60. The molecule has 1 saturated carbocycles. The van der Waals surface area contributed by atoms with E-state index in [1.54, 1.807) is 0 Å². The lowest BCUT2D eigenvalue weighted by Gasteiger charge is -2.12. The van der Waals surface area contributed by atoms with Gasteiger partial charge in [0.2, 0.25) is 0 Å². The van der Waals surface area contributed by atoms with Crippen LogP contribution in [-0.2, 0) is 0 Å². The maximum absolute atomic E-state index is 5.87. The lowest BCUT2D eigenvalue weighted by molar-refractivity contribution is 0.272. The molecule has 0 aliphatic heterocycles. The van der Waals surface area contributed by atoms with Crippen molar-refractivity contribution in [2.75, 3.05) is 12.3 Å². The van der Waals surface area contributed by atoms with Gasteiger partial charge >= 0.3 is 0 Å². The van der Waals surface area contributed by atoms with Gasteiger partial charge in [-0.25, -0.2) is 0 Å². The number of rotatable bonds is 4. The van der Waals surface area contributed by atoms with Crippen molar-refractivity contribution in [3.63, 3.8) is 0 Å². The van der Waals surface area contributed by atoms with E-state index in [9.17, 15) is 0 Å². The molecule has 2 heteroatoms. The molecule has 1 aliphatic rings. The van der Waals surface area contributed by atoms with Gasteiger partial charge in [0.05, 0.1) is 12.3 Å². The molecule has 0 heterocycles. The molecule has 1 fully saturated rings. The van der Waals surface area contributed by atoms with Gasteiger partial charge in [0.1, 0.15) is 5.75 Å². The van der Waals surface area contributed by atoms with Crippen LogP contribution in [0.5, 0.6) is 5.75 Å². The molecular weight excluding hydrogens is 186 g/mol. The lowest BCUT2D eigenvalue weighted by atomic mass is 10.1. The van der Waals surface area contributed by atoms with Crippen molar-refractivity contribution < 1.29 is 4.74 Å². The summed E-state index contributed by atoms with van der Waals surface area (Å²) < 4.78 is 5.69. The topological polar surface area (TPSA) is 35.2 Å². The molecular formula is C13H19NO. The van der Waals surface area contributed by atoms with E-state index < -0.39 is 0 Å². The minimum Gasteiger partial charge on any atom is -0.491 e. The second kappa shape index (κ2) is 4.13. The molecule has 0 saturated heterocycles. The third-order valence-corrected chi connectivity index (χ3v) is 2.66. The first-order chi connectivity index (χ1) is 7.16. The molecule has 0 amide bonds. The van der Waals surface area contributed by atoms with E-state index in [4.69, 9.17) is 10.5 Å². The number of anilines is 1. The standard InChI is InChI=1S/C13H19NO/c1-9(2)8-15-13-7-11(10-3-4-10)5-6-12(13)14/h5-7,9-10H,3-4,8,14H2,1-2H3. The average molecular weight is 205 g/mol. The molecule has 1 aromatic rings. The summed E-state index contributed by atoms with van der Waals surface area (Å²) in [7, 11) is 0. The lowest BCUT2D eigenvalue weighted by Crippen LogP contribution is -2.06. The van der Waals surface area contributed by atoms with E-state index in [-0.39, 0.29) is 0 Å². The average Bonchev–Trinajstić information content (AvgIpc) is 3.00. The Kier molecular flexibility index (Phi) is 2.85. The maximum atomic E-state index is 5.87. The quantitative estimate of drug-likeness (QED) is 0.766. The molecule has 0 unspecified atom stereocenters. The van der Waals surface area contributed by atoms with Gasteiger partial charge in [-0.05, 0) is 42.4 Å². The molecule has 0 bridgehead atoms. The summed E-state index contributed by atoms with van der Waals surface area (Å²) in [5.74, 6) is 2.15. The highest BCUT2D eigenvalue weighted by atomic mass is 16.5. The van der Waals surface area contributed by atoms with Crippen LogP contribution in [0.3, 0.4) is 0 Å². The van der Waals surface area contributed by atoms with E-state index in [1.807, 2.05) is 6.07 Å². The van der Waals surface area contributed by atoms with Crippen molar-refractivity contribution in [1.29, 1.82) is 0 Å². The Hall–Kier alpha value is -1.18. The van der Waals surface area contributed by atoms with Crippen molar-refractivity contribution in [3.8, 4) is 5.75 Å². The number of hydrogen-bond donors (Lipinski definition) is 1. The molecule has 2 nitrogen and oxygen atoms in total. The van der Waals surface area contributed by atoms with Crippen molar-refractivity contribution in [1.82, 2.24) is 0 Å². The maximum Gasteiger partial charge on any atom is 0.142 e. The molecule has 0 aromatic heterocycles. The number of nitrogens with two attached hydrogens (primary N) is 1. The summed E-state index contributed by atoms with van der Waals surface area (Å²) in [6, 6.07) is 6.19. The fraction of sp³-hybridized carbons (Fsp3) is 0.538. The van der Waals surface area contributed by atoms with E-state index in [2.05, 4.69) is 26.0 Å². The zero-order chi connectivity index (χ0) is 10.8. The second-order valence-corrected chi connectivity index (χ2v) is 4.78. The molecule has 1 aliphatic carbocycles. The molecule has 0 spiro atoms. The third kappa shape index (κ3) is 2.65. The number of benzene rings is 1. The Bertz CT molecular complexity index is 342. The van der Waals surface area contributed by atoms with Gasteiger partial charge in [0.25, 0.3) is 0 Å². The van der Waals surface area contributed by atoms with E-state index in [0.29, 0.717) is 5.92 Å². The van der Waals surface area contributed by atoms with Crippen LogP contribution >= 0.6 is 0 Å². The molecule has 82 valence electrons. The summed E-state index contributed by atoms with van der Waals surface area (Å²) in [6.07, 6.45) is 2.63. The Morgan fingerprint density at radius 2 is 2.13 bits per heavy atom. The molecule has 15 heavy (non-hydrogen) atoms. The highest BCUT2D eigenvalue weighted by Crippen LogP contribution is 2.42. The summed E-state index contributed by atoms with van der Waals surface area (Å²) in [5, 5.41) is 0. The second-order valence-electron chi connectivity index (χ2n) is 4.78. The number of nitrogen functional groups attached to an aromatic ring is 1. The van der Waals surface area contributed by atoms with Crippen LogP contribution in [0.1, 0.15) is 38.2 Å². The van der Waals surface area contributed by atoms with Crippen LogP contribution in [0, 0.1) is 5.92 Å². The first kappa shape index (κ1) is 10.3. The van der Waals surface area contributed by atoms with Gasteiger partial charge in [-0.1, -0.05) is 19.9 Å². The number of hydrogen-bond acceptors (Lipinski definition) is 2. The molecule has 1 aromatic carbocycles. The van der Waals surface area contributed by atoms with Crippen LogP contribution in [0.15, 0.2) is 18.2 Å². The van der Waals surface area contributed by atoms with E-state index >= 15 is 0 Å². The third-order valence-electron chi connectivity index (χ3n) is 2.66. The van der Waals surface area contributed by atoms with Gasteiger partial charge in [-0.2, -0.15) is 0 Å². The van der Waals surface area contributed by atoms with Crippen molar-refractivity contribution >= 4 is 5.69 Å². The fourth-order valence-electron chi connectivity index (χ4n) is 1.60. The van der Waals surface area contributed by atoms with Gasteiger partial charge < -0.3 is 10.5 Å². The molecule has 0 radical (unpaired) electrons. The first-order valence-electron chi connectivity index (χ1n) is 5.69. The van der Waals surface area contributed by atoms with Gasteiger partial charge in [-0.15, -0.1) is 0 Å². The monoisotopic (exact) mass is 205 g/mol. The predicted octanol–water partition coefficient (Wildman–Crippen LogP) is 3.18. The van der Waals surface area contributed by atoms with Crippen LogP contribution in [-0.4, -0.2) is 6.61 Å². The van der Waals surface area contributed by atoms with Crippen LogP contribution < -0.4 is 10.5 Å². The Balaban J connectivity index is 2.09. The Morgan fingerprint density at radius 1 is 1.40 bits per heavy atom. The summed E-state index contributed by atoms with van der Waals surface area (Å²) >= 11 is 0. The Labute approximate surface area is 91.4 Å². The Morgan fingerprint density at radius 3 is 2.73 bits per heavy atom. The molecule has 2 rings (SSSR count). The smallest absolute Gasteiger partial charge is 0.142 e. The SMILES string of the molecule is CC(C)COc1cc(C2CC2)ccc1N. The normalized spacial score (nSPS) is 15.7. The van der Waals surface area contributed by atoms with Gasteiger partial charge in [0, 0.05) is 0 Å². The minimum absolute atomic E-state index is 0.536. The van der Waals surface area contributed by atoms with Crippen LogP contribution in [0.2, 0.25) is 0 Å². The highest BCUT2D eigenvalue weighted by Gasteiger charge is 2.24. The summed E-state index contributed by atoms with van der Waals surface area (Å²) in [5.41, 5.74) is 8.00. The summed E-state index contributed by atoms with van der Waals surface area (Å²) in [4.78, 5) is 0. The van der Waals surface area contributed by atoms with Gasteiger partial charge in [0.15, 0.2) is 0 Å². The van der Waals surface area contributed by atoms with Crippen LogP contribution in [0.25, 0.3) is 0 Å². The summed E-state index contributed by atoms with van der Waals surface area (Å²) in [6.45, 7) is 5.01. The zero-order valence-corrected chi connectivity index (χ0v) is 9.49. The minimum atomic E-state index is 0.536. The van der Waals surface area contributed by atoms with E-state index in [1.165, 1.54) is 18.4 Å². The number of ether oxygens (including phenoxy) is 1. The van der Waals surface area contributed by atoms with E-state index in [0.717, 1.165) is 24.0 Å². The van der Waals surface area contributed by atoms with Crippen molar-refractivity contribution in [2.24, 2.45) is 5.92 Å². The van der Waals surface area contributed by atoms with Crippen LogP contribution in [0.4, 0.5) is 5.69 Å². The first-order valence-corrected chi connectivity index (χ1v) is 5.69. The predicted molar refractivity (Wildman–Crippen MR) is 63.2 cm³/mol. The van der Waals surface area contributed by atoms with Crippen molar-refractivity contribution in [3.05, 3.63) is 23.8 Å². The largest absolute Gasteiger partial charge is 0.491 e.